The number of nitriles is 1. The Balaban J connectivity index is 2.02. The predicted molar refractivity (Wildman–Crippen MR) is 82.9 cm³/mol. The molecule has 0 amide bonds. The molecule has 21 heavy (non-hydrogen) atoms. The van der Waals surface area contributed by atoms with Crippen LogP contribution in [0.4, 0.5) is 0 Å². The van der Waals surface area contributed by atoms with Gasteiger partial charge in [0.1, 0.15) is 0 Å². The van der Waals surface area contributed by atoms with Crippen molar-refractivity contribution in [1.82, 2.24) is 4.72 Å². The molecular weight excluding hydrogens is 284 g/mol. The lowest BCUT2D eigenvalue weighted by molar-refractivity contribution is 0.227. The van der Waals surface area contributed by atoms with E-state index in [9.17, 15) is 8.42 Å². The first kappa shape index (κ1) is 16.0. The van der Waals surface area contributed by atoms with Crippen LogP contribution in [0.2, 0.25) is 0 Å². The van der Waals surface area contributed by atoms with Crippen LogP contribution in [0.1, 0.15) is 44.2 Å². The minimum absolute atomic E-state index is 0.0314. The van der Waals surface area contributed by atoms with Crippen LogP contribution < -0.4 is 4.72 Å². The molecule has 0 radical (unpaired) electrons. The van der Waals surface area contributed by atoms with Gasteiger partial charge in [-0.15, -0.1) is 0 Å². The molecule has 2 rings (SSSR count). The Morgan fingerprint density at radius 3 is 2.52 bits per heavy atom. The largest absolute Gasteiger partial charge is 0.216 e. The molecule has 5 heteroatoms. The molecule has 1 aliphatic rings. The molecule has 1 aromatic rings. The number of hydrogen-bond donors (Lipinski definition) is 1. The van der Waals surface area contributed by atoms with Crippen molar-refractivity contribution in [2.45, 2.75) is 44.9 Å². The summed E-state index contributed by atoms with van der Waals surface area (Å²) in [6, 6.07) is 8.76. The van der Waals surface area contributed by atoms with Crippen LogP contribution in [-0.4, -0.2) is 14.5 Å². The Hall–Kier alpha value is -1.38. The third kappa shape index (κ3) is 4.29. The molecule has 0 bridgehead atoms. The van der Waals surface area contributed by atoms with Gasteiger partial charge in [-0.2, -0.15) is 5.26 Å². The second-order valence-electron chi connectivity index (χ2n) is 6.06. The molecule has 0 aromatic heterocycles. The zero-order chi connectivity index (χ0) is 15.5. The van der Waals surface area contributed by atoms with Crippen molar-refractivity contribution >= 4 is 10.0 Å². The van der Waals surface area contributed by atoms with Crippen LogP contribution in [0.3, 0.4) is 0 Å². The topological polar surface area (TPSA) is 70.0 Å². The standard InChI is InChI=1S/C16H22N2O2S/c1-12-4-3-5-16(13(12)2)18-21(19,20)11-15-8-6-14(10-17)7-9-15/h6-9,12-13,16,18H,3-5,11H2,1-2H3. The number of benzene rings is 1. The molecule has 1 saturated carbocycles. The van der Waals surface area contributed by atoms with E-state index >= 15 is 0 Å². The third-order valence-electron chi connectivity index (χ3n) is 4.48. The quantitative estimate of drug-likeness (QED) is 0.930. The number of nitrogens with zero attached hydrogens (tertiary/aromatic N) is 1. The molecule has 1 aromatic carbocycles. The SMILES string of the molecule is CC1CCCC(NS(=O)(=O)Cc2ccc(C#N)cc2)C1C. The highest BCUT2D eigenvalue weighted by molar-refractivity contribution is 7.88. The molecule has 0 aliphatic heterocycles. The van der Waals surface area contributed by atoms with Crippen molar-refractivity contribution in [2.24, 2.45) is 11.8 Å². The van der Waals surface area contributed by atoms with Crippen molar-refractivity contribution in [3.63, 3.8) is 0 Å². The zero-order valence-corrected chi connectivity index (χ0v) is 13.4. The first-order chi connectivity index (χ1) is 9.91. The Kier molecular flexibility index (Phi) is 5.02. The van der Waals surface area contributed by atoms with Crippen LogP contribution in [0.15, 0.2) is 24.3 Å². The fraction of sp³-hybridized carbons (Fsp3) is 0.562. The first-order valence-corrected chi connectivity index (χ1v) is 9.05. The summed E-state index contributed by atoms with van der Waals surface area (Å²) in [6.45, 7) is 4.31. The van der Waals surface area contributed by atoms with E-state index in [0.29, 0.717) is 23.0 Å². The molecule has 1 aliphatic carbocycles. The smallest absolute Gasteiger partial charge is 0.212 e. The molecule has 1 fully saturated rings. The zero-order valence-electron chi connectivity index (χ0n) is 12.5. The van der Waals surface area contributed by atoms with Crippen molar-refractivity contribution in [2.75, 3.05) is 0 Å². The average Bonchev–Trinajstić information content (AvgIpc) is 2.44. The van der Waals surface area contributed by atoms with Crippen molar-refractivity contribution in [3.8, 4) is 6.07 Å². The second-order valence-corrected chi connectivity index (χ2v) is 7.81. The molecule has 0 heterocycles. The summed E-state index contributed by atoms with van der Waals surface area (Å²) in [5, 5.41) is 8.75. The summed E-state index contributed by atoms with van der Waals surface area (Å²) in [5.74, 6) is 0.895. The Morgan fingerprint density at radius 1 is 1.24 bits per heavy atom. The molecule has 1 N–H and O–H groups in total. The molecule has 3 atom stereocenters. The van der Waals surface area contributed by atoms with Crippen molar-refractivity contribution in [1.29, 1.82) is 5.26 Å². The van der Waals surface area contributed by atoms with E-state index < -0.39 is 10.0 Å². The second kappa shape index (κ2) is 6.59. The van der Waals surface area contributed by atoms with E-state index in [1.165, 1.54) is 6.42 Å². The summed E-state index contributed by atoms with van der Waals surface area (Å²) in [7, 11) is -3.34. The highest BCUT2D eigenvalue weighted by Crippen LogP contribution is 2.30. The van der Waals surface area contributed by atoms with Gasteiger partial charge in [0.05, 0.1) is 17.4 Å². The number of sulfonamides is 1. The van der Waals surface area contributed by atoms with Gasteiger partial charge in [0.2, 0.25) is 10.0 Å². The lowest BCUT2D eigenvalue weighted by Crippen LogP contribution is -2.44. The van der Waals surface area contributed by atoms with Gasteiger partial charge in [0.25, 0.3) is 0 Å². The highest BCUT2D eigenvalue weighted by Gasteiger charge is 2.30. The summed E-state index contributed by atoms with van der Waals surface area (Å²) in [5.41, 5.74) is 1.25. The minimum atomic E-state index is -3.34. The van der Waals surface area contributed by atoms with Crippen LogP contribution in [-0.2, 0) is 15.8 Å². The van der Waals surface area contributed by atoms with Crippen LogP contribution in [0.5, 0.6) is 0 Å². The van der Waals surface area contributed by atoms with Gasteiger partial charge in [-0.05, 0) is 36.0 Å². The fourth-order valence-electron chi connectivity index (χ4n) is 2.92. The van der Waals surface area contributed by atoms with Gasteiger partial charge in [-0.1, -0.05) is 38.8 Å². The Morgan fingerprint density at radius 2 is 1.90 bits per heavy atom. The predicted octanol–water partition coefficient (Wildman–Crippen LogP) is 2.80. The van der Waals surface area contributed by atoms with Crippen molar-refractivity contribution < 1.29 is 8.42 Å². The maximum absolute atomic E-state index is 12.3. The number of hydrogen-bond acceptors (Lipinski definition) is 3. The van der Waals surface area contributed by atoms with Crippen molar-refractivity contribution in [3.05, 3.63) is 35.4 Å². The average molecular weight is 306 g/mol. The summed E-state index contributed by atoms with van der Waals surface area (Å²) < 4.78 is 27.5. The lowest BCUT2D eigenvalue weighted by Gasteiger charge is -2.34. The van der Waals surface area contributed by atoms with Gasteiger partial charge >= 0.3 is 0 Å². The van der Waals surface area contributed by atoms with Crippen LogP contribution in [0, 0.1) is 23.2 Å². The summed E-state index contributed by atoms with van der Waals surface area (Å²) in [4.78, 5) is 0. The lowest BCUT2D eigenvalue weighted by atomic mass is 9.78. The van der Waals surface area contributed by atoms with Crippen LogP contribution in [0.25, 0.3) is 0 Å². The Labute approximate surface area is 127 Å². The maximum atomic E-state index is 12.3. The van der Waals surface area contributed by atoms with Crippen LogP contribution >= 0.6 is 0 Å². The molecule has 114 valence electrons. The van der Waals surface area contributed by atoms with Gasteiger partial charge in [0, 0.05) is 6.04 Å². The van der Waals surface area contributed by atoms with Gasteiger partial charge in [-0.25, -0.2) is 13.1 Å². The van der Waals surface area contributed by atoms with E-state index in [4.69, 9.17) is 5.26 Å². The fourth-order valence-corrected chi connectivity index (χ4v) is 4.42. The van der Waals surface area contributed by atoms with Gasteiger partial charge in [-0.3, -0.25) is 0 Å². The van der Waals surface area contributed by atoms with E-state index in [2.05, 4.69) is 18.6 Å². The number of nitrogens with one attached hydrogen (secondary N) is 1. The van der Waals surface area contributed by atoms with E-state index in [1.54, 1.807) is 24.3 Å². The Bertz CT molecular complexity index is 617. The third-order valence-corrected chi connectivity index (χ3v) is 5.85. The summed E-state index contributed by atoms with van der Waals surface area (Å²) in [6.07, 6.45) is 3.17. The molecule has 0 spiro atoms. The maximum Gasteiger partial charge on any atom is 0.216 e. The summed E-state index contributed by atoms with van der Waals surface area (Å²) >= 11 is 0. The normalized spacial score (nSPS) is 26.2. The first-order valence-electron chi connectivity index (χ1n) is 7.40. The van der Waals surface area contributed by atoms with Gasteiger partial charge in [0.15, 0.2) is 0 Å². The molecule has 4 nitrogen and oxygen atoms in total. The number of rotatable bonds is 4. The minimum Gasteiger partial charge on any atom is -0.212 e. The molecule has 3 unspecified atom stereocenters. The van der Waals surface area contributed by atoms with E-state index in [0.717, 1.165) is 12.8 Å². The van der Waals surface area contributed by atoms with Gasteiger partial charge < -0.3 is 0 Å². The monoisotopic (exact) mass is 306 g/mol. The van der Waals surface area contributed by atoms with E-state index in [1.807, 2.05) is 6.07 Å². The molecular formula is C16H22N2O2S. The van der Waals surface area contributed by atoms with E-state index in [-0.39, 0.29) is 11.8 Å². The highest BCUT2D eigenvalue weighted by atomic mass is 32.2. The molecule has 0 saturated heterocycles.